The summed E-state index contributed by atoms with van der Waals surface area (Å²) < 4.78 is 5.16. The van der Waals surface area contributed by atoms with E-state index in [4.69, 9.17) is 16.3 Å². The molecule has 0 fully saturated rings. The largest absolute Gasteiger partial charge is 0.497 e. The molecule has 5 nitrogen and oxygen atoms in total. The van der Waals surface area contributed by atoms with Gasteiger partial charge in [-0.25, -0.2) is 4.98 Å². The smallest absolute Gasteiger partial charge is 0.257 e. The second-order valence-corrected chi connectivity index (χ2v) is 6.73. The van der Waals surface area contributed by atoms with Crippen molar-refractivity contribution in [2.75, 3.05) is 24.3 Å². The van der Waals surface area contributed by atoms with E-state index in [-0.39, 0.29) is 5.91 Å². The number of methoxy groups -OCH3 is 1. The number of nitrogens with one attached hydrogen (secondary N) is 2. The van der Waals surface area contributed by atoms with Crippen LogP contribution >= 0.6 is 11.6 Å². The van der Waals surface area contributed by atoms with Crippen LogP contribution in [0, 0.1) is 6.92 Å². The predicted molar refractivity (Wildman–Crippen MR) is 114 cm³/mol. The molecule has 3 aromatic rings. The zero-order valence-corrected chi connectivity index (χ0v) is 16.6. The van der Waals surface area contributed by atoms with E-state index in [0.29, 0.717) is 16.3 Å². The van der Waals surface area contributed by atoms with Crippen LogP contribution in [0.5, 0.6) is 5.75 Å². The lowest BCUT2D eigenvalue weighted by molar-refractivity contribution is 0.102. The van der Waals surface area contributed by atoms with Crippen LogP contribution in [-0.4, -0.2) is 24.5 Å². The summed E-state index contributed by atoms with van der Waals surface area (Å²) in [6.07, 6.45) is 2.42. The number of ether oxygens (including phenoxy) is 1. The third-order valence-electron chi connectivity index (χ3n) is 4.42. The molecule has 2 N–H and O–H groups in total. The van der Waals surface area contributed by atoms with Crippen LogP contribution < -0.4 is 15.4 Å². The van der Waals surface area contributed by atoms with Gasteiger partial charge in [-0.15, -0.1) is 0 Å². The van der Waals surface area contributed by atoms with E-state index in [1.807, 2.05) is 37.3 Å². The van der Waals surface area contributed by atoms with Gasteiger partial charge < -0.3 is 15.4 Å². The zero-order chi connectivity index (χ0) is 19.9. The number of carbonyl (C=O) groups is 1. The number of hydrogen-bond acceptors (Lipinski definition) is 4. The minimum absolute atomic E-state index is 0.220. The summed E-state index contributed by atoms with van der Waals surface area (Å²) in [7, 11) is 1.66. The molecule has 0 aliphatic heterocycles. The Bertz CT molecular complexity index is 941. The molecule has 28 heavy (non-hydrogen) atoms. The topological polar surface area (TPSA) is 63.2 Å². The lowest BCUT2D eigenvalue weighted by Gasteiger charge is -2.10. The van der Waals surface area contributed by atoms with Crippen LogP contribution in [0.3, 0.4) is 0 Å². The summed E-state index contributed by atoms with van der Waals surface area (Å²) in [5, 5.41) is 6.75. The second kappa shape index (κ2) is 9.24. The fraction of sp³-hybridized carbons (Fsp3) is 0.182. The van der Waals surface area contributed by atoms with Crippen molar-refractivity contribution in [3.05, 3.63) is 82.5 Å². The molecule has 0 saturated heterocycles. The highest BCUT2D eigenvalue weighted by Crippen LogP contribution is 2.23. The maximum atomic E-state index is 12.4. The SMILES string of the molecule is COc1ccc(CCNc2ccc(C(=O)Nc3cccc(Cl)c3C)cn2)cc1. The van der Waals surface area contributed by atoms with Crippen molar-refractivity contribution in [2.24, 2.45) is 0 Å². The minimum Gasteiger partial charge on any atom is -0.497 e. The monoisotopic (exact) mass is 395 g/mol. The third-order valence-corrected chi connectivity index (χ3v) is 4.83. The van der Waals surface area contributed by atoms with E-state index in [1.54, 1.807) is 37.6 Å². The molecular weight excluding hydrogens is 374 g/mol. The number of carbonyl (C=O) groups excluding carboxylic acids is 1. The highest BCUT2D eigenvalue weighted by atomic mass is 35.5. The first kappa shape index (κ1) is 19.7. The molecule has 6 heteroatoms. The lowest BCUT2D eigenvalue weighted by Crippen LogP contribution is -2.13. The van der Waals surface area contributed by atoms with Gasteiger partial charge in [0.05, 0.1) is 12.7 Å². The highest BCUT2D eigenvalue weighted by molar-refractivity contribution is 6.31. The van der Waals surface area contributed by atoms with Crippen molar-refractivity contribution >= 4 is 29.0 Å². The Labute approximate surface area is 169 Å². The number of amides is 1. The Morgan fingerprint density at radius 1 is 1.11 bits per heavy atom. The van der Waals surface area contributed by atoms with Crippen LogP contribution in [0.25, 0.3) is 0 Å². The van der Waals surface area contributed by atoms with Crippen molar-refractivity contribution in [1.29, 1.82) is 0 Å². The number of nitrogens with zero attached hydrogens (tertiary/aromatic N) is 1. The Balaban J connectivity index is 1.53. The molecule has 1 heterocycles. The molecule has 3 rings (SSSR count). The molecule has 2 aromatic carbocycles. The van der Waals surface area contributed by atoms with Gasteiger partial charge in [-0.2, -0.15) is 0 Å². The average Bonchev–Trinajstić information content (AvgIpc) is 2.72. The Morgan fingerprint density at radius 2 is 1.89 bits per heavy atom. The van der Waals surface area contributed by atoms with Gasteiger partial charge in [-0.1, -0.05) is 29.8 Å². The minimum atomic E-state index is -0.220. The third kappa shape index (κ3) is 5.02. The number of aromatic nitrogens is 1. The molecule has 0 spiro atoms. The Hall–Kier alpha value is -3.05. The van der Waals surface area contributed by atoms with Crippen molar-refractivity contribution < 1.29 is 9.53 Å². The molecule has 0 saturated carbocycles. The first-order valence-corrected chi connectivity index (χ1v) is 9.34. The normalized spacial score (nSPS) is 10.4. The summed E-state index contributed by atoms with van der Waals surface area (Å²) >= 11 is 6.09. The second-order valence-electron chi connectivity index (χ2n) is 6.32. The van der Waals surface area contributed by atoms with E-state index < -0.39 is 0 Å². The molecule has 1 aromatic heterocycles. The summed E-state index contributed by atoms with van der Waals surface area (Å²) in [4.78, 5) is 16.7. The fourth-order valence-electron chi connectivity index (χ4n) is 2.70. The lowest BCUT2D eigenvalue weighted by atomic mass is 10.1. The maximum absolute atomic E-state index is 12.4. The molecule has 144 valence electrons. The van der Waals surface area contributed by atoms with Crippen molar-refractivity contribution in [1.82, 2.24) is 4.98 Å². The number of pyridine rings is 1. The summed E-state index contributed by atoms with van der Waals surface area (Å²) in [5.41, 5.74) is 3.22. The quantitative estimate of drug-likeness (QED) is 0.593. The molecule has 0 aliphatic carbocycles. The molecule has 0 unspecified atom stereocenters. The Kier molecular flexibility index (Phi) is 6.50. The van der Waals surface area contributed by atoms with E-state index in [1.165, 1.54) is 5.56 Å². The molecular formula is C22H22ClN3O2. The van der Waals surface area contributed by atoms with Crippen LogP contribution in [0.4, 0.5) is 11.5 Å². The number of halogens is 1. The van der Waals surface area contributed by atoms with Gasteiger partial charge in [0.25, 0.3) is 5.91 Å². The first-order valence-electron chi connectivity index (χ1n) is 8.96. The van der Waals surface area contributed by atoms with Gasteiger partial charge in [-0.3, -0.25) is 4.79 Å². The highest BCUT2D eigenvalue weighted by Gasteiger charge is 2.09. The molecule has 0 bridgehead atoms. The van der Waals surface area contributed by atoms with E-state index in [9.17, 15) is 4.79 Å². The summed E-state index contributed by atoms with van der Waals surface area (Å²) in [6.45, 7) is 2.61. The average molecular weight is 396 g/mol. The van der Waals surface area contributed by atoms with Gasteiger partial charge in [0.15, 0.2) is 0 Å². The number of anilines is 2. The molecule has 0 aliphatic rings. The van der Waals surface area contributed by atoms with Crippen molar-refractivity contribution in [2.45, 2.75) is 13.3 Å². The van der Waals surface area contributed by atoms with Gasteiger partial charge in [0.2, 0.25) is 0 Å². The number of benzene rings is 2. The summed E-state index contributed by atoms with van der Waals surface area (Å²) in [6, 6.07) is 16.9. The fourth-order valence-corrected chi connectivity index (χ4v) is 2.87. The standard InChI is InChI=1S/C22H22ClN3O2/c1-15-19(23)4-3-5-20(15)26-22(27)17-8-11-21(25-14-17)24-13-12-16-6-9-18(28-2)10-7-16/h3-11,14H,12-13H2,1-2H3,(H,24,25)(H,26,27). The number of rotatable bonds is 7. The summed E-state index contributed by atoms with van der Waals surface area (Å²) in [5.74, 6) is 1.35. The molecule has 0 radical (unpaired) electrons. The zero-order valence-electron chi connectivity index (χ0n) is 15.8. The van der Waals surface area contributed by atoms with Gasteiger partial charge in [0, 0.05) is 23.5 Å². The van der Waals surface area contributed by atoms with Gasteiger partial charge >= 0.3 is 0 Å². The van der Waals surface area contributed by atoms with E-state index >= 15 is 0 Å². The van der Waals surface area contributed by atoms with Gasteiger partial charge in [-0.05, 0) is 60.9 Å². The van der Waals surface area contributed by atoms with Gasteiger partial charge in [0.1, 0.15) is 11.6 Å². The Morgan fingerprint density at radius 3 is 2.57 bits per heavy atom. The van der Waals surface area contributed by atoms with Crippen LogP contribution in [-0.2, 0) is 6.42 Å². The van der Waals surface area contributed by atoms with E-state index in [0.717, 1.165) is 30.1 Å². The van der Waals surface area contributed by atoms with Crippen LogP contribution in [0.2, 0.25) is 5.02 Å². The van der Waals surface area contributed by atoms with Crippen LogP contribution in [0.15, 0.2) is 60.8 Å². The molecule has 1 amide bonds. The first-order chi connectivity index (χ1) is 13.6. The van der Waals surface area contributed by atoms with Crippen molar-refractivity contribution in [3.63, 3.8) is 0 Å². The number of hydrogen-bond donors (Lipinski definition) is 2. The maximum Gasteiger partial charge on any atom is 0.257 e. The van der Waals surface area contributed by atoms with Crippen molar-refractivity contribution in [3.8, 4) is 5.75 Å². The molecule has 0 atom stereocenters. The van der Waals surface area contributed by atoms with Crippen LogP contribution in [0.1, 0.15) is 21.5 Å². The van der Waals surface area contributed by atoms with E-state index in [2.05, 4.69) is 15.6 Å². The predicted octanol–water partition coefficient (Wildman–Crippen LogP) is 4.96.